The van der Waals surface area contributed by atoms with Crippen LogP contribution in [0.1, 0.15) is 6.42 Å². The van der Waals surface area contributed by atoms with Gasteiger partial charge in [0.15, 0.2) is 0 Å². The molecule has 1 saturated heterocycles. The molecule has 0 radical (unpaired) electrons. The number of nitro groups is 1. The van der Waals surface area contributed by atoms with Gasteiger partial charge in [-0.2, -0.15) is 0 Å². The molecule has 1 heterocycles. The van der Waals surface area contributed by atoms with Gasteiger partial charge in [-0.1, -0.05) is 0 Å². The van der Waals surface area contributed by atoms with Gasteiger partial charge in [0.1, 0.15) is 0 Å². The lowest BCUT2D eigenvalue weighted by Crippen LogP contribution is -2.52. The SMILES string of the molecule is O=C(O)CC1CN(C(=O)Nc2ccc([N+](=O)[O-])cc2)C1. The minimum atomic E-state index is -0.870. The summed E-state index contributed by atoms with van der Waals surface area (Å²) in [6.45, 7) is 0.816. The summed E-state index contributed by atoms with van der Waals surface area (Å²) in [5.74, 6) is -0.875. The maximum Gasteiger partial charge on any atom is 0.321 e. The molecule has 0 unspecified atom stereocenters. The van der Waals surface area contributed by atoms with Crippen LogP contribution in [0.25, 0.3) is 0 Å². The van der Waals surface area contributed by atoms with E-state index in [-0.39, 0.29) is 24.1 Å². The Bertz CT molecular complexity index is 537. The number of nitro benzene ring substituents is 1. The normalized spacial score (nSPS) is 14.5. The van der Waals surface area contributed by atoms with Gasteiger partial charge in [0.25, 0.3) is 5.69 Å². The molecule has 2 N–H and O–H groups in total. The maximum atomic E-state index is 11.8. The number of carboxylic acid groups (broad SMARTS) is 1. The number of rotatable bonds is 4. The van der Waals surface area contributed by atoms with Crippen LogP contribution in [0, 0.1) is 16.0 Å². The third kappa shape index (κ3) is 3.22. The highest BCUT2D eigenvalue weighted by Crippen LogP contribution is 2.21. The number of hydrogen-bond donors (Lipinski definition) is 2. The Morgan fingerprint density at radius 3 is 2.45 bits per heavy atom. The third-order valence-electron chi connectivity index (χ3n) is 3.04. The predicted molar refractivity (Wildman–Crippen MR) is 69.4 cm³/mol. The van der Waals surface area contributed by atoms with E-state index in [1.807, 2.05) is 0 Å². The van der Waals surface area contributed by atoms with Crippen LogP contribution in [0.4, 0.5) is 16.2 Å². The van der Waals surface area contributed by atoms with Crippen molar-refractivity contribution in [2.75, 3.05) is 18.4 Å². The fourth-order valence-corrected chi connectivity index (χ4v) is 1.98. The number of carboxylic acids is 1. The van der Waals surface area contributed by atoms with Crippen LogP contribution < -0.4 is 5.32 Å². The molecule has 0 atom stereocenters. The summed E-state index contributed by atoms with van der Waals surface area (Å²) < 4.78 is 0. The number of anilines is 1. The number of likely N-dealkylation sites (tertiary alicyclic amines) is 1. The minimum absolute atomic E-state index is 0.00453. The number of carbonyl (C=O) groups is 2. The first-order chi connectivity index (χ1) is 9.45. The van der Waals surface area contributed by atoms with Crippen molar-refractivity contribution in [1.29, 1.82) is 0 Å². The van der Waals surface area contributed by atoms with Gasteiger partial charge in [-0.05, 0) is 12.1 Å². The lowest BCUT2D eigenvalue weighted by molar-refractivity contribution is -0.384. The highest BCUT2D eigenvalue weighted by Gasteiger charge is 2.32. The van der Waals surface area contributed by atoms with E-state index in [4.69, 9.17) is 5.11 Å². The molecule has 0 saturated carbocycles. The van der Waals surface area contributed by atoms with Crippen molar-refractivity contribution in [3.63, 3.8) is 0 Å². The van der Waals surface area contributed by atoms with E-state index in [1.54, 1.807) is 0 Å². The molecule has 8 nitrogen and oxygen atoms in total. The van der Waals surface area contributed by atoms with E-state index in [2.05, 4.69) is 5.32 Å². The molecule has 1 aliphatic rings. The molecular formula is C12H13N3O5. The first kappa shape index (κ1) is 13.8. The molecule has 1 aromatic rings. The number of non-ortho nitro benzene ring substituents is 1. The fourth-order valence-electron chi connectivity index (χ4n) is 1.98. The summed E-state index contributed by atoms with van der Waals surface area (Å²) in [6.07, 6.45) is 0.0569. The van der Waals surface area contributed by atoms with Crippen LogP contribution in [0.5, 0.6) is 0 Å². The molecule has 2 amide bonds. The first-order valence-corrected chi connectivity index (χ1v) is 5.98. The van der Waals surface area contributed by atoms with E-state index in [1.165, 1.54) is 29.2 Å². The number of urea groups is 1. The van der Waals surface area contributed by atoms with Crippen molar-refractivity contribution in [2.45, 2.75) is 6.42 Å². The minimum Gasteiger partial charge on any atom is -0.481 e. The number of hydrogen-bond acceptors (Lipinski definition) is 4. The zero-order chi connectivity index (χ0) is 14.7. The number of amides is 2. The number of aliphatic carboxylic acids is 1. The molecule has 1 aromatic carbocycles. The van der Waals surface area contributed by atoms with E-state index >= 15 is 0 Å². The van der Waals surface area contributed by atoms with Crippen LogP contribution in [0.3, 0.4) is 0 Å². The van der Waals surface area contributed by atoms with E-state index in [9.17, 15) is 19.7 Å². The van der Waals surface area contributed by atoms with Crippen LogP contribution in [0.15, 0.2) is 24.3 Å². The van der Waals surface area contributed by atoms with Gasteiger partial charge in [-0.15, -0.1) is 0 Å². The largest absolute Gasteiger partial charge is 0.481 e. The van der Waals surface area contributed by atoms with Crippen LogP contribution in [-0.2, 0) is 4.79 Å². The Kier molecular flexibility index (Phi) is 3.83. The third-order valence-corrected chi connectivity index (χ3v) is 3.04. The second-order valence-electron chi connectivity index (χ2n) is 4.60. The number of carbonyl (C=O) groups excluding carboxylic acids is 1. The fraction of sp³-hybridized carbons (Fsp3) is 0.333. The lowest BCUT2D eigenvalue weighted by atomic mass is 9.97. The summed E-state index contributed by atoms with van der Waals surface area (Å²) >= 11 is 0. The van der Waals surface area contributed by atoms with Crippen LogP contribution in [-0.4, -0.2) is 40.0 Å². The van der Waals surface area contributed by atoms with Gasteiger partial charge < -0.3 is 15.3 Å². The van der Waals surface area contributed by atoms with Crippen LogP contribution in [0.2, 0.25) is 0 Å². The molecule has 8 heteroatoms. The van der Waals surface area contributed by atoms with Gasteiger partial charge in [0.2, 0.25) is 0 Å². The predicted octanol–water partition coefficient (Wildman–Crippen LogP) is 1.53. The second kappa shape index (κ2) is 5.55. The van der Waals surface area contributed by atoms with E-state index in [0.717, 1.165) is 0 Å². The van der Waals surface area contributed by atoms with Crippen molar-refractivity contribution >= 4 is 23.4 Å². The topological polar surface area (TPSA) is 113 Å². The number of benzene rings is 1. The molecule has 2 rings (SSSR count). The van der Waals surface area contributed by atoms with Gasteiger partial charge in [-0.3, -0.25) is 14.9 Å². The van der Waals surface area contributed by atoms with Gasteiger partial charge in [0, 0.05) is 36.8 Å². The standard InChI is InChI=1S/C12H13N3O5/c16-11(17)5-8-6-14(7-8)12(18)13-9-1-3-10(4-2-9)15(19)20/h1-4,8H,5-7H2,(H,13,18)(H,16,17). The summed E-state index contributed by atoms with van der Waals surface area (Å²) in [5, 5.41) is 21.7. The Hall–Kier alpha value is -2.64. The zero-order valence-electron chi connectivity index (χ0n) is 10.5. The molecule has 1 aliphatic heterocycles. The molecule has 0 spiro atoms. The summed E-state index contributed by atoms with van der Waals surface area (Å²) in [4.78, 5) is 33.7. The molecule has 0 bridgehead atoms. The summed E-state index contributed by atoms with van der Waals surface area (Å²) in [7, 11) is 0. The van der Waals surface area contributed by atoms with E-state index < -0.39 is 10.9 Å². The second-order valence-corrected chi connectivity index (χ2v) is 4.60. The molecular weight excluding hydrogens is 266 g/mol. The highest BCUT2D eigenvalue weighted by atomic mass is 16.6. The van der Waals surface area contributed by atoms with Crippen molar-refractivity contribution in [3.05, 3.63) is 34.4 Å². The average molecular weight is 279 g/mol. The van der Waals surface area contributed by atoms with Crippen molar-refractivity contribution in [2.24, 2.45) is 5.92 Å². The van der Waals surface area contributed by atoms with Gasteiger partial charge >= 0.3 is 12.0 Å². The Morgan fingerprint density at radius 1 is 1.35 bits per heavy atom. The Balaban J connectivity index is 1.84. The number of nitrogens with zero attached hydrogens (tertiary/aromatic N) is 2. The zero-order valence-corrected chi connectivity index (χ0v) is 10.5. The molecule has 106 valence electrons. The first-order valence-electron chi connectivity index (χ1n) is 5.98. The highest BCUT2D eigenvalue weighted by molar-refractivity contribution is 5.90. The smallest absolute Gasteiger partial charge is 0.321 e. The van der Waals surface area contributed by atoms with Crippen molar-refractivity contribution in [1.82, 2.24) is 4.90 Å². The molecule has 0 aliphatic carbocycles. The monoisotopic (exact) mass is 279 g/mol. The van der Waals surface area contributed by atoms with Gasteiger partial charge in [0.05, 0.1) is 11.3 Å². The molecule has 1 fully saturated rings. The van der Waals surface area contributed by atoms with Gasteiger partial charge in [-0.25, -0.2) is 4.79 Å². The summed E-state index contributed by atoms with van der Waals surface area (Å²) in [5.41, 5.74) is 0.413. The van der Waals surface area contributed by atoms with Crippen molar-refractivity contribution in [3.8, 4) is 0 Å². The number of nitrogens with one attached hydrogen (secondary N) is 1. The maximum absolute atomic E-state index is 11.8. The Morgan fingerprint density at radius 2 is 1.95 bits per heavy atom. The molecule has 20 heavy (non-hydrogen) atoms. The average Bonchev–Trinajstić information content (AvgIpc) is 2.33. The van der Waals surface area contributed by atoms with Crippen LogP contribution >= 0.6 is 0 Å². The Labute approximate surface area is 114 Å². The summed E-state index contributed by atoms with van der Waals surface area (Å²) in [6, 6.07) is 5.17. The lowest BCUT2D eigenvalue weighted by Gasteiger charge is -2.38. The van der Waals surface area contributed by atoms with E-state index in [0.29, 0.717) is 18.8 Å². The molecule has 0 aromatic heterocycles. The van der Waals surface area contributed by atoms with Crippen molar-refractivity contribution < 1.29 is 19.6 Å². The quantitative estimate of drug-likeness (QED) is 0.641.